The second-order valence-electron chi connectivity index (χ2n) is 6.98. The summed E-state index contributed by atoms with van der Waals surface area (Å²) in [6.45, 7) is 2.87. The van der Waals surface area contributed by atoms with Gasteiger partial charge in [0.05, 0.1) is 12.0 Å². The molecule has 1 aromatic heterocycles. The number of carboxylic acid groups (broad SMARTS) is 1. The molecule has 7 heteroatoms. The van der Waals surface area contributed by atoms with Crippen molar-refractivity contribution >= 4 is 27.9 Å². The predicted octanol–water partition coefficient (Wildman–Crippen LogP) is 3.05. The molecule has 6 nitrogen and oxygen atoms in total. The van der Waals surface area contributed by atoms with E-state index in [9.17, 15) is 14.7 Å². The van der Waals surface area contributed by atoms with Crippen molar-refractivity contribution in [2.75, 3.05) is 13.1 Å². The molecule has 130 valence electrons. The van der Waals surface area contributed by atoms with Gasteiger partial charge in [0, 0.05) is 30.0 Å². The molecule has 3 rings (SSSR count). The van der Waals surface area contributed by atoms with Crippen molar-refractivity contribution in [3.05, 3.63) is 28.5 Å². The lowest BCUT2D eigenvalue weighted by Gasteiger charge is -2.35. The number of carbonyl (C=O) groups excluding carboxylic acids is 1. The summed E-state index contributed by atoms with van der Waals surface area (Å²) in [7, 11) is 0. The van der Waals surface area contributed by atoms with E-state index in [0.717, 1.165) is 22.9 Å². The third-order valence-corrected chi connectivity index (χ3v) is 5.19. The van der Waals surface area contributed by atoms with Gasteiger partial charge in [-0.25, -0.2) is 4.79 Å². The van der Waals surface area contributed by atoms with Gasteiger partial charge >= 0.3 is 12.0 Å². The van der Waals surface area contributed by atoms with Gasteiger partial charge in [-0.2, -0.15) is 0 Å². The van der Waals surface area contributed by atoms with Crippen molar-refractivity contribution in [2.45, 2.75) is 32.2 Å². The number of hydrogen-bond donors (Lipinski definition) is 2. The van der Waals surface area contributed by atoms with Crippen LogP contribution in [-0.4, -0.2) is 40.1 Å². The van der Waals surface area contributed by atoms with E-state index in [0.29, 0.717) is 18.9 Å². The Kier molecular flexibility index (Phi) is 5.08. The average molecular weight is 396 g/mol. The number of aliphatic carboxylic acids is 1. The highest BCUT2D eigenvalue weighted by molar-refractivity contribution is 9.10. The predicted molar refractivity (Wildman–Crippen MR) is 92.4 cm³/mol. The molecule has 1 saturated heterocycles. The number of carbonyl (C=O) groups is 2. The van der Waals surface area contributed by atoms with Crippen LogP contribution in [0.4, 0.5) is 4.79 Å². The summed E-state index contributed by atoms with van der Waals surface area (Å²) < 4.78 is 0.887. The van der Waals surface area contributed by atoms with E-state index in [1.165, 1.54) is 0 Å². The van der Waals surface area contributed by atoms with Gasteiger partial charge in [0.25, 0.3) is 0 Å². The number of likely N-dealkylation sites (tertiary alicyclic amines) is 1. The molecular formula is C17H22BrN3O3. The maximum absolute atomic E-state index is 12.7. The summed E-state index contributed by atoms with van der Waals surface area (Å²) in [5.74, 6) is -0.680. The fraction of sp³-hybridized carbons (Fsp3) is 0.588. The number of urea groups is 1. The van der Waals surface area contributed by atoms with E-state index in [-0.39, 0.29) is 24.5 Å². The van der Waals surface area contributed by atoms with E-state index in [1.54, 1.807) is 17.3 Å². The first-order valence-corrected chi connectivity index (χ1v) is 9.12. The Balaban J connectivity index is 1.70. The van der Waals surface area contributed by atoms with E-state index in [2.05, 4.69) is 26.2 Å². The zero-order chi connectivity index (χ0) is 17.3. The first-order chi connectivity index (χ1) is 11.4. The van der Waals surface area contributed by atoms with Crippen LogP contribution in [0.3, 0.4) is 0 Å². The van der Waals surface area contributed by atoms with Crippen LogP contribution in [-0.2, 0) is 4.79 Å². The van der Waals surface area contributed by atoms with E-state index in [1.807, 2.05) is 13.0 Å². The highest BCUT2D eigenvalue weighted by Gasteiger charge is 2.37. The number of nitrogens with zero attached hydrogens (tertiary/aromatic N) is 2. The maximum atomic E-state index is 12.7. The van der Waals surface area contributed by atoms with Gasteiger partial charge in [0.2, 0.25) is 0 Å². The van der Waals surface area contributed by atoms with Crippen molar-refractivity contribution in [3.8, 4) is 0 Å². The number of amides is 2. The molecule has 0 spiro atoms. The number of carboxylic acids is 1. The lowest BCUT2D eigenvalue weighted by molar-refractivity contribution is -0.143. The van der Waals surface area contributed by atoms with Crippen molar-refractivity contribution in [3.63, 3.8) is 0 Å². The van der Waals surface area contributed by atoms with Crippen LogP contribution in [0.1, 0.15) is 37.8 Å². The Morgan fingerprint density at radius 1 is 1.38 bits per heavy atom. The number of halogens is 1. The fourth-order valence-electron chi connectivity index (χ4n) is 3.42. The average Bonchev–Trinajstić information content (AvgIpc) is 3.36. The third-order valence-electron chi connectivity index (χ3n) is 4.75. The second kappa shape index (κ2) is 7.09. The molecule has 1 aromatic rings. The summed E-state index contributed by atoms with van der Waals surface area (Å²) in [6, 6.07) is 1.74. The molecule has 1 aliphatic carbocycles. The largest absolute Gasteiger partial charge is 0.481 e. The molecule has 1 aliphatic heterocycles. The Bertz CT molecular complexity index is 635. The van der Waals surface area contributed by atoms with Crippen LogP contribution in [0.5, 0.6) is 0 Å². The third kappa shape index (κ3) is 4.06. The molecule has 3 unspecified atom stereocenters. The molecular weight excluding hydrogens is 374 g/mol. The van der Waals surface area contributed by atoms with Gasteiger partial charge in [-0.1, -0.05) is 6.92 Å². The Morgan fingerprint density at radius 2 is 2.12 bits per heavy atom. The highest BCUT2D eigenvalue weighted by Crippen LogP contribution is 2.41. The topological polar surface area (TPSA) is 82.5 Å². The maximum Gasteiger partial charge on any atom is 0.317 e. The minimum Gasteiger partial charge on any atom is -0.481 e. The van der Waals surface area contributed by atoms with Crippen LogP contribution in [0, 0.1) is 17.8 Å². The first-order valence-electron chi connectivity index (χ1n) is 8.32. The van der Waals surface area contributed by atoms with Gasteiger partial charge in [-0.3, -0.25) is 9.78 Å². The molecule has 2 heterocycles. The number of pyridine rings is 1. The molecule has 2 amide bonds. The number of aromatic nitrogens is 1. The Labute approximate surface area is 149 Å². The van der Waals surface area contributed by atoms with E-state index in [4.69, 9.17) is 0 Å². The molecule has 2 aliphatic rings. The summed E-state index contributed by atoms with van der Waals surface area (Å²) in [4.78, 5) is 29.8. The Morgan fingerprint density at radius 3 is 2.75 bits per heavy atom. The Hall–Kier alpha value is -1.63. The molecule has 2 N–H and O–H groups in total. The minimum atomic E-state index is -0.825. The van der Waals surface area contributed by atoms with Crippen LogP contribution in [0.15, 0.2) is 22.9 Å². The van der Waals surface area contributed by atoms with E-state index >= 15 is 0 Å². The fourth-order valence-corrected chi connectivity index (χ4v) is 3.80. The molecule has 1 saturated carbocycles. The smallest absolute Gasteiger partial charge is 0.317 e. The summed E-state index contributed by atoms with van der Waals surface area (Å²) >= 11 is 3.42. The molecule has 24 heavy (non-hydrogen) atoms. The molecule has 0 radical (unpaired) electrons. The van der Waals surface area contributed by atoms with Crippen molar-refractivity contribution in [1.29, 1.82) is 0 Å². The minimum absolute atomic E-state index is 0.0667. The van der Waals surface area contributed by atoms with Gasteiger partial charge in [0.15, 0.2) is 0 Å². The van der Waals surface area contributed by atoms with Gasteiger partial charge in [-0.05, 0) is 58.7 Å². The normalized spacial score (nSPS) is 25.2. The van der Waals surface area contributed by atoms with Gasteiger partial charge < -0.3 is 15.3 Å². The van der Waals surface area contributed by atoms with Crippen LogP contribution in [0.25, 0.3) is 0 Å². The van der Waals surface area contributed by atoms with Gasteiger partial charge in [-0.15, -0.1) is 0 Å². The SMILES string of the molecule is CC1CC(C(=O)O)CN(C(=O)NC(c2cncc(Br)c2)C2CC2)C1. The van der Waals surface area contributed by atoms with Crippen molar-refractivity contribution < 1.29 is 14.7 Å². The molecule has 0 aromatic carbocycles. The summed E-state index contributed by atoms with van der Waals surface area (Å²) in [5.41, 5.74) is 0.986. The lowest BCUT2D eigenvalue weighted by Crippen LogP contribution is -2.50. The zero-order valence-electron chi connectivity index (χ0n) is 13.6. The number of hydrogen-bond acceptors (Lipinski definition) is 3. The van der Waals surface area contributed by atoms with Crippen LogP contribution >= 0.6 is 15.9 Å². The monoisotopic (exact) mass is 395 g/mol. The van der Waals surface area contributed by atoms with Crippen molar-refractivity contribution in [2.24, 2.45) is 17.8 Å². The highest BCUT2D eigenvalue weighted by atomic mass is 79.9. The first kappa shape index (κ1) is 17.2. The lowest BCUT2D eigenvalue weighted by atomic mass is 9.91. The molecule has 2 fully saturated rings. The van der Waals surface area contributed by atoms with Gasteiger partial charge in [0.1, 0.15) is 0 Å². The molecule has 0 bridgehead atoms. The molecule has 3 atom stereocenters. The van der Waals surface area contributed by atoms with E-state index < -0.39 is 11.9 Å². The second-order valence-corrected chi connectivity index (χ2v) is 7.90. The van der Waals surface area contributed by atoms with Crippen LogP contribution in [0.2, 0.25) is 0 Å². The van der Waals surface area contributed by atoms with Crippen molar-refractivity contribution in [1.82, 2.24) is 15.2 Å². The van der Waals surface area contributed by atoms with Crippen LogP contribution < -0.4 is 5.32 Å². The summed E-state index contributed by atoms with van der Waals surface area (Å²) in [6.07, 6.45) is 6.31. The standard InChI is InChI=1S/C17H22BrN3O3/c1-10-4-13(16(22)23)9-21(8-10)17(24)20-15(11-2-3-11)12-5-14(18)7-19-6-12/h5-7,10-11,13,15H,2-4,8-9H2,1H3,(H,20,24)(H,22,23). The zero-order valence-corrected chi connectivity index (χ0v) is 15.2. The number of rotatable bonds is 4. The summed E-state index contributed by atoms with van der Waals surface area (Å²) in [5, 5.41) is 12.4. The quantitative estimate of drug-likeness (QED) is 0.820. The number of piperidine rings is 1. The number of nitrogens with one attached hydrogen (secondary N) is 1.